The highest BCUT2D eigenvalue weighted by molar-refractivity contribution is 5.85. The molecule has 0 amide bonds. The summed E-state index contributed by atoms with van der Waals surface area (Å²) in [4.78, 5) is 0. The van der Waals surface area contributed by atoms with Crippen molar-refractivity contribution in [1.82, 2.24) is 5.32 Å². The number of benzene rings is 2. The Morgan fingerprint density at radius 3 is 2.72 bits per heavy atom. The monoisotopic (exact) mass is 363 g/mol. The van der Waals surface area contributed by atoms with E-state index in [9.17, 15) is 0 Å². The van der Waals surface area contributed by atoms with Crippen LogP contribution in [-0.2, 0) is 6.54 Å². The number of ether oxygens (including phenoxy) is 3. The van der Waals surface area contributed by atoms with Crippen molar-refractivity contribution in [3.05, 3.63) is 53.6 Å². The van der Waals surface area contributed by atoms with Gasteiger partial charge in [-0.05, 0) is 37.6 Å². The Morgan fingerprint density at radius 1 is 1.16 bits per heavy atom. The zero-order chi connectivity index (χ0) is 16.9. The van der Waals surface area contributed by atoms with Crippen LogP contribution in [0.2, 0.25) is 0 Å². The van der Waals surface area contributed by atoms with Crippen LogP contribution in [0.25, 0.3) is 0 Å². The quantitative estimate of drug-likeness (QED) is 0.819. The lowest BCUT2D eigenvalue weighted by Gasteiger charge is -2.27. The molecule has 0 aliphatic carbocycles. The van der Waals surface area contributed by atoms with Crippen LogP contribution in [0, 0.1) is 0 Å². The first kappa shape index (κ1) is 19.4. The molecule has 136 valence electrons. The summed E-state index contributed by atoms with van der Waals surface area (Å²) in [5.41, 5.74) is 2.41. The number of para-hydroxylation sites is 1. The fourth-order valence-corrected chi connectivity index (χ4v) is 2.97. The van der Waals surface area contributed by atoms with Crippen LogP contribution in [0.5, 0.6) is 17.2 Å². The number of fused-ring (bicyclic) bond motifs is 1. The maximum atomic E-state index is 5.77. The molecule has 1 aliphatic heterocycles. The maximum Gasteiger partial charge on any atom is 0.161 e. The molecule has 4 nitrogen and oxygen atoms in total. The van der Waals surface area contributed by atoms with Crippen LogP contribution in [0.1, 0.15) is 37.4 Å². The van der Waals surface area contributed by atoms with E-state index in [1.165, 1.54) is 11.1 Å². The number of methoxy groups -OCH3 is 1. The molecule has 0 fully saturated rings. The van der Waals surface area contributed by atoms with Gasteiger partial charge in [0, 0.05) is 24.6 Å². The lowest BCUT2D eigenvalue weighted by molar-refractivity contribution is 0.230. The largest absolute Gasteiger partial charge is 0.493 e. The summed E-state index contributed by atoms with van der Waals surface area (Å²) in [6.45, 7) is 5.55. The van der Waals surface area contributed by atoms with Gasteiger partial charge in [-0.3, -0.25) is 0 Å². The molecule has 1 atom stereocenters. The van der Waals surface area contributed by atoms with Gasteiger partial charge < -0.3 is 19.5 Å². The van der Waals surface area contributed by atoms with Crippen LogP contribution in [0.3, 0.4) is 0 Å². The highest BCUT2D eigenvalue weighted by Gasteiger charge is 2.20. The predicted octanol–water partition coefficient (Wildman–Crippen LogP) is 4.52. The predicted molar refractivity (Wildman–Crippen MR) is 102 cm³/mol. The van der Waals surface area contributed by atoms with E-state index >= 15 is 0 Å². The van der Waals surface area contributed by atoms with Gasteiger partial charge in [-0.15, -0.1) is 12.4 Å². The van der Waals surface area contributed by atoms with Crippen molar-refractivity contribution in [2.24, 2.45) is 0 Å². The van der Waals surface area contributed by atoms with Crippen molar-refractivity contribution in [1.29, 1.82) is 0 Å². The van der Waals surface area contributed by atoms with Crippen molar-refractivity contribution in [2.45, 2.75) is 39.0 Å². The molecule has 0 saturated carbocycles. The van der Waals surface area contributed by atoms with Crippen molar-refractivity contribution < 1.29 is 14.2 Å². The standard InChI is InChI=1S/C20H25NO3.ClH/c1-14(2)24-19-9-8-15(12-20(19)22-3)13-21-17-10-11-23-18-7-5-4-6-16(17)18;/h4-9,12,14,17,21H,10-11,13H2,1-3H3;1H. The van der Waals surface area contributed by atoms with E-state index in [-0.39, 0.29) is 18.5 Å². The second-order valence-corrected chi connectivity index (χ2v) is 6.26. The first-order valence-electron chi connectivity index (χ1n) is 8.46. The minimum Gasteiger partial charge on any atom is -0.493 e. The zero-order valence-electron chi connectivity index (χ0n) is 15.0. The molecule has 0 aromatic heterocycles. The topological polar surface area (TPSA) is 39.7 Å². The minimum absolute atomic E-state index is 0. The smallest absolute Gasteiger partial charge is 0.161 e. The molecule has 5 heteroatoms. The first-order valence-corrected chi connectivity index (χ1v) is 8.46. The van der Waals surface area contributed by atoms with Crippen molar-refractivity contribution in [3.63, 3.8) is 0 Å². The molecule has 3 rings (SSSR count). The van der Waals surface area contributed by atoms with Gasteiger partial charge in [0.15, 0.2) is 11.5 Å². The third kappa shape index (κ3) is 4.80. The van der Waals surface area contributed by atoms with E-state index < -0.39 is 0 Å². The number of nitrogens with one attached hydrogen (secondary N) is 1. The molecule has 1 N–H and O–H groups in total. The van der Waals surface area contributed by atoms with Gasteiger partial charge in [-0.25, -0.2) is 0 Å². The maximum absolute atomic E-state index is 5.77. The second kappa shape index (κ2) is 8.97. The van der Waals surface area contributed by atoms with Crippen LogP contribution in [0.15, 0.2) is 42.5 Å². The normalized spacial score (nSPS) is 15.8. The molecule has 1 unspecified atom stereocenters. The Hall–Kier alpha value is -1.91. The van der Waals surface area contributed by atoms with E-state index in [0.717, 1.165) is 36.8 Å². The molecule has 2 aromatic rings. The third-order valence-electron chi connectivity index (χ3n) is 4.10. The third-order valence-corrected chi connectivity index (χ3v) is 4.10. The summed E-state index contributed by atoms with van der Waals surface area (Å²) in [5.74, 6) is 2.54. The Balaban J connectivity index is 0.00000225. The average molecular weight is 364 g/mol. The first-order chi connectivity index (χ1) is 11.7. The van der Waals surface area contributed by atoms with Crippen LogP contribution in [-0.4, -0.2) is 19.8 Å². The van der Waals surface area contributed by atoms with Gasteiger partial charge in [-0.2, -0.15) is 0 Å². The number of hydrogen-bond donors (Lipinski definition) is 1. The molecule has 1 heterocycles. The van der Waals surface area contributed by atoms with Crippen LogP contribution >= 0.6 is 12.4 Å². The molecule has 0 spiro atoms. The summed E-state index contributed by atoms with van der Waals surface area (Å²) in [6.07, 6.45) is 1.10. The van der Waals surface area contributed by atoms with Gasteiger partial charge in [0.1, 0.15) is 5.75 Å². The Morgan fingerprint density at radius 2 is 1.96 bits per heavy atom. The van der Waals surface area contributed by atoms with Gasteiger partial charge in [-0.1, -0.05) is 24.3 Å². The van der Waals surface area contributed by atoms with Crippen LogP contribution < -0.4 is 19.5 Å². The molecule has 0 bridgehead atoms. The summed E-state index contributed by atoms with van der Waals surface area (Å²) >= 11 is 0. The van der Waals surface area contributed by atoms with E-state index in [4.69, 9.17) is 14.2 Å². The highest BCUT2D eigenvalue weighted by Crippen LogP contribution is 2.32. The van der Waals surface area contributed by atoms with Gasteiger partial charge in [0.05, 0.1) is 19.8 Å². The summed E-state index contributed by atoms with van der Waals surface area (Å²) in [5, 5.41) is 3.63. The lowest BCUT2D eigenvalue weighted by Crippen LogP contribution is -2.26. The van der Waals surface area contributed by atoms with Gasteiger partial charge >= 0.3 is 0 Å². The minimum atomic E-state index is 0. The van der Waals surface area contributed by atoms with Crippen LogP contribution in [0.4, 0.5) is 0 Å². The fraction of sp³-hybridized carbons (Fsp3) is 0.400. The number of halogens is 1. The number of hydrogen-bond acceptors (Lipinski definition) is 4. The Kier molecular flexibility index (Phi) is 6.97. The highest BCUT2D eigenvalue weighted by atomic mass is 35.5. The van der Waals surface area contributed by atoms with Crippen molar-refractivity contribution in [2.75, 3.05) is 13.7 Å². The molecule has 25 heavy (non-hydrogen) atoms. The molecular formula is C20H26ClNO3. The van der Waals surface area contributed by atoms with Gasteiger partial charge in [0.25, 0.3) is 0 Å². The van der Waals surface area contributed by atoms with Gasteiger partial charge in [0.2, 0.25) is 0 Å². The molecule has 2 aromatic carbocycles. The van der Waals surface area contributed by atoms with Crippen molar-refractivity contribution in [3.8, 4) is 17.2 Å². The molecule has 1 aliphatic rings. The lowest BCUT2D eigenvalue weighted by atomic mass is 10.0. The average Bonchev–Trinajstić information content (AvgIpc) is 2.60. The Bertz CT molecular complexity index is 690. The summed E-state index contributed by atoms with van der Waals surface area (Å²) in [6, 6.07) is 14.6. The molecule has 0 radical (unpaired) electrons. The summed E-state index contributed by atoms with van der Waals surface area (Å²) < 4.78 is 17.0. The van der Waals surface area contributed by atoms with E-state index in [1.807, 2.05) is 38.1 Å². The van der Waals surface area contributed by atoms with Crippen molar-refractivity contribution >= 4 is 12.4 Å². The van der Waals surface area contributed by atoms with E-state index in [2.05, 4.69) is 23.5 Å². The van der Waals surface area contributed by atoms with E-state index in [1.54, 1.807) is 7.11 Å². The fourth-order valence-electron chi connectivity index (χ4n) is 2.97. The Labute approximate surface area is 155 Å². The zero-order valence-corrected chi connectivity index (χ0v) is 15.8. The second-order valence-electron chi connectivity index (χ2n) is 6.26. The molecule has 0 saturated heterocycles. The SMILES string of the molecule is COc1cc(CNC2CCOc3ccccc32)ccc1OC(C)C.Cl. The number of rotatable bonds is 6. The summed E-state index contributed by atoms with van der Waals surface area (Å²) in [7, 11) is 1.68. The van der Waals surface area contributed by atoms with E-state index in [0.29, 0.717) is 6.04 Å². The molecular weight excluding hydrogens is 338 g/mol.